The van der Waals surface area contributed by atoms with Gasteiger partial charge in [-0.15, -0.1) is 0 Å². The van der Waals surface area contributed by atoms with Crippen molar-refractivity contribution in [1.29, 1.82) is 0 Å². The van der Waals surface area contributed by atoms with Gasteiger partial charge in [0.25, 0.3) is 0 Å². The number of aryl methyl sites for hydroxylation is 2. The normalized spacial score (nSPS) is 10.9. The molecule has 3 aromatic rings. The lowest BCUT2D eigenvalue weighted by molar-refractivity contribution is 0.645. The molecule has 1 aromatic carbocycles. The van der Waals surface area contributed by atoms with Gasteiger partial charge in [-0.2, -0.15) is 5.10 Å². The van der Waals surface area contributed by atoms with Crippen LogP contribution in [0.3, 0.4) is 0 Å². The van der Waals surface area contributed by atoms with Crippen LogP contribution < -0.4 is 5.73 Å². The van der Waals surface area contributed by atoms with E-state index in [9.17, 15) is 0 Å². The summed E-state index contributed by atoms with van der Waals surface area (Å²) < 4.78 is 1.89. The van der Waals surface area contributed by atoms with Crippen molar-refractivity contribution in [2.75, 3.05) is 0 Å². The predicted molar refractivity (Wildman–Crippen MR) is 89.1 cm³/mol. The first-order valence-corrected chi connectivity index (χ1v) is 7.24. The quantitative estimate of drug-likeness (QED) is 0.752. The highest BCUT2D eigenvalue weighted by molar-refractivity contribution is 7.80. The van der Waals surface area contributed by atoms with Crippen LogP contribution in [0.1, 0.15) is 12.1 Å². The zero-order valence-corrected chi connectivity index (χ0v) is 12.6. The molecule has 0 aliphatic rings. The third kappa shape index (κ3) is 2.78. The molecule has 5 heteroatoms. The maximum Gasteiger partial charge on any atom is 0.158 e. The van der Waals surface area contributed by atoms with Gasteiger partial charge in [0.1, 0.15) is 0 Å². The van der Waals surface area contributed by atoms with Crippen molar-refractivity contribution >= 4 is 28.2 Å². The lowest BCUT2D eigenvalue weighted by atomic mass is 10.1. The van der Waals surface area contributed by atoms with Crippen LogP contribution in [0, 0.1) is 6.92 Å². The third-order valence-corrected chi connectivity index (χ3v) is 3.62. The minimum Gasteiger partial charge on any atom is -0.393 e. The second-order valence-corrected chi connectivity index (χ2v) is 5.48. The predicted octanol–water partition coefficient (Wildman–Crippen LogP) is 3.08. The van der Waals surface area contributed by atoms with E-state index in [1.165, 1.54) is 0 Å². The highest BCUT2D eigenvalue weighted by atomic mass is 32.1. The highest BCUT2D eigenvalue weighted by Gasteiger charge is 2.10. The number of benzene rings is 1. The van der Waals surface area contributed by atoms with Crippen molar-refractivity contribution in [1.82, 2.24) is 14.8 Å². The SMILES string of the molecule is Cc1nn(CCC(N)=S)c2nc(-c3ccccc3)ccc12. The summed E-state index contributed by atoms with van der Waals surface area (Å²) in [4.78, 5) is 5.26. The molecular formula is C16H16N4S. The lowest BCUT2D eigenvalue weighted by Gasteiger charge is -2.04. The standard InChI is InChI=1S/C16H16N4S/c1-11-13-7-8-14(12-5-3-2-4-6-12)18-16(13)20(19-11)10-9-15(17)21/h2-8H,9-10H2,1H3,(H2,17,21). The van der Waals surface area contributed by atoms with E-state index in [-0.39, 0.29) is 0 Å². The van der Waals surface area contributed by atoms with Crippen LogP contribution in [-0.2, 0) is 6.54 Å². The van der Waals surface area contributed by atoms with E-state index >= 15 is 0 Å². The van der Waals surface area contributed by atoms with Crippen LogP contribution in [-0.4, -0.2) is 19.8 Å². The molecule has 0 spiro atoms. The molecular weight excluding hydrogens is 280 g/mol. The number of hydrogen-bond donors (Lipinski definition) is 1. The molecule has 2 aromatic heterocycles. The van der Waals surface area contributed by atoms with Crippen LogP contribution in [0.2, 0.25) is 0 Å². The van der Waals surface area contributed by atoms with Gasteiger partial charge in [0.15, 0.2) is 5.65 Å². The Bertz CT molecular complexity index is 793. The number of nitrogens with two attached hydrogens (primary N) is 1. The summed E-state index contributed by atoms with van der Waals surface area (Å²) >= 11 is 4.94. The Kier molecular flexibility index (Phi) is 3.66. The van der Waals surface area contributed by atoms with Gasteiger partial charge in [0.2, 0.25) is 0 Å². The Morgan fingerprint density at radius 2 is 1.95 bits per heavy atom. The summed E-state index contributed by atoms with van der Waals surface area (Å²) in [5.41, 5.74) is 9.47. The van der Waals surface area contributed by atoms with Crippen molar-refractivity contribution < 1.29 is 0 Å². The molecule has 0 radical (unpaired) electrons. The first-order chi connectivity index (χ1) is 10.1. The molecule has 3 rings (SSSR count). The number of hydrogen-bond acceptors (Lipinski definition) is 3. The van der Waals surface area contributed by atoms with Crippen molar-refractivity contribution in [3.63, 3.8) is 0 Å². The molecule has 0 saturated heterocycles. The summed E-state index contributed by atoms with van der Waals surface area (Å²) in [5, 5.41) is 5.60. The van der Waals surface area contributed by atoms with E-state index in [4.69, 9.17) is 22.9 Å². The first-order valence-electron chi connectivity index (χ1n) is 6.83. The Morgan fingerprint density at radius 1 is 1.19 bits per heavy atom. The average molecular weight is 296 g/mol. The Morgan fingerprint density at radius 3 is 2.67 bits per heavy atom. The number of nitrogens with zero attached hydrogens (tertiary/aromatic N) is 3. The second-order valence-electron chi connectivity index (χ2n) is 4.96. The summed E-state index contributed by atoms with van der Waals surface area (Å²) in [6.45, 7) is 2.65. The van der Waals surface area contributed by atoms with E-state index in [1.54, 1.807) is 0 Å². The van der Waals surface area contributed by atoms with Crippen molar-refractivity contribution in [3.05, 3.63) is 48.2 Å². The third-order valence-electron chi connectivity index (χ3n) is 3.42. The zero-order valence-electron chi connectivity index (χ0n) is 11.8. The molecule has 0 atom stereocenters. The Balaban J connectivity index is 2.07. The molecule has 0 saturated carbocycles. The van der Waals surface area contributed by atoms with E-state index in [1.807, 2.05) is 35.9 Å². The summed E-state index contributed by atoms with van der Waals surface area (Å²) in [5.74, 6) is 0. The van der Waals surface area contributed by atoms with Gasteiger partial charge in [-0.1, -0.05) is 42.5 Å². The highest BCUT2D eigenvalue weighted by Crippen LogP contribution is 2.22. The van der Waals surface area contributed by atoms with Crippen molar-refractivity contribution in [2.24, 2.45) is 5.73 Å². The van der Waals surface area contributed by atoms with E-state index in [2.05, 4.69) is 23.3 Å². The molecule has 2 N–H and O–H groups in total. The number of aromatic nitrogens is 3. The van der Waals surface area contributed by atoms with Crippen molar-refractivity contribution in [2.45, 2.75) is 19.9 Å². The fourth-order valence-electron chi connectivity index (χ4n) is 2.35. The van der Waals surface area contributed by atoms with Gasteiger partial charge in [0.05, 0.1) is 16.4 Å². The Labute approximate surface area is 128 Å². The molecule has 0 amide bonds. The monoisotopic (exact) mass is 296 g/mol. The van der Waals surface area contributed by atoms with Gasteiger partial charge < -0.3 is 5.73 Å². The molecule has 0 aliphatic carbocycles. The van der Waals surface area contributed by atoms with Crippen LogP contribution in [0.15, 0.2) is 42.5 Å². The minimum atomic E-state index is 0.496. The fraction of sp³-hybridized carbons (Fsp3) is 0.188. The van der Waals surface area contributed by atoms with Crippen LogP contribution >= 0.6 is 12.2 Å². The topological polar surface area (TPSA) is 56.7 Å². The summed E-state index contributed by atoms with van der Waals surface area (Å²) in [7, 11) is 0. The molecule has 4 nitrogen and oxygen atoms in total. The molecule has 21 heavy (non-hydrogen) atoms. The molecule has 0 aliphatic heterocycles. The minimum absolute atomic E-state index is 0.496. The van der Waals surface area contributed by atoms with Gasteiger partial charge in [-0.3, -0.25) is 0 Å². The average Bonchev–Trinajstić information content (AvgIpc) is 2.82. The van der Waals surface area contributed by atoms with Crippen LogP contribution in [0.25, 0.3) is 22.3 Å². The van der Waals surface area contributed by atoms with E-state index in [0.717, 1.165) is 28.0 Å². The van der Waals surface area contributed by atoms with Crippen molar-refractivity contribution in [3.8, 4) is 11.3 Å². The molecule has 0 unspecified atom stereocenters. The maximum atomic E-state index is 5.58. The zero-order chi connectivity index (χ0) is 14.8. The second kappa shape index (κ2) is 5.61. The van der Waals surface area contributed by atoms with Gasteiger partial charge in [-0.25, -0.2) is 9.67 Å². The summed E-state index contributed by atoms with van der Waals surface area (Å²) in [6.07, 6.45) is 0.628. The van der Waals surface area contributed by atoms with E-state index in [0.29, 0.717) is 18.0 Å². The number of rotatable bonds is 4. The van der Waals surface area contributed by atoms with Gasteiger partial charge in [0, 0.05) is 23.9 Å². The smallest absolute Gasteiger partial charge is 0.158 e. The molecule has 2 heterocycles. The molecule has 106 valence electrons. The lowest BCUT2D eigenvalue weighted by Crippen LogP contribution is -2.12. The van der Waals surface area contributed by atoms with Gasteiger partial charge in [-0.05, 0) is 19.1 Å². The summed E-state index contributed by atoms with van der Waals surface area (Å²) in [6, 6.07) is 14.2. The van der Waals surface area contributed by atoms with Crippen LogP contribution in [0.5, 0.6) is 0 Å². The van der Waals surface area contributed by atoms with Gasteiger partial charge >= 0.3 is 0 Å². The number of fused-ring (bicyclic) bond motifs is 1. The Hall–Kier alpha value is -2.27. The number of thiocarbonyl (C=S) groups is 1. The number of pyridine rings is 1. The van der Waals surface area contributed by atoms with Crippen LogP contribution in [0.4, 0.5) is 0 Å². The maximum absolute atomic E-state index is 5.58. The first kappa shape index (κ1) is 13.7. The largest absolute Gasteiger partial charge is 0.393 e. The fourth-order valence-corrected chi connectivity index (χ4v) is 2.44. The van der Waals surface area contributed by atoms with E-state index < -0.39 is 0 Å². The molecule has 0 bridgehead atoms. The molecule has 0 fully saturated rings.